The predicted octanol–water partition coefficient (Wildman–Crippen LogP) is -0.407. The van der Waals surface area contributed by atoms with Gasteiger partial charge in [0, 0.05) is 6.04 Å². The topological polar surface area (TPSA) is 104 Å². The molecule has 4 N–H and O–H groups in total. The van der Waals surface area contributed by atoms with E-state index < -0.39 is 12.0 Å². The molecule has 0 amide bonds. The van der Waals surface area contributed by atoms with Crippen molar-refractivity contribution in [2.45, 2.75) is 50.2 Å². The van der Waals surface area contributed by atoms with Gasteiger partial charge in [-0.05, 0) is 32.2 Å². The number of carboxylic acid groups (broad SMARTS) is 1. The Bertz CT molecular complexity index is 285. The minimum Gasteiger partial charge on any atom is -0.480 e. The van der Waals surface area contributed by atoms with Gasteiger partial charge in [0.15, 0.2) is 0 Å². The summed E-state index contributed by atoms with van der Waals surface area (Å²) < 4.78 is 0. The monoisotopic (exact) mass is 258 g/mol. The summed E-state index contributed by atoms with van der Waals surface area (Å²) in [5, 5.41) is 17.9. The van der Waals surface area contributed by atoms with Crippen LogP contribution < -0.4 is 5.73 Å². The molecule has 1 rings (SSSR count). The summed E-state index contributed by atoms with van der Waals surface area (Å²) in [4.78, 5) is 23.4. The molecule has 1 aliphatic rings. The van der Waals surface area contributed by atoms with Gasteiger partial charge in [0.05, 0.1) is 12.6 Å². The number of aliphatic hydroxyl groups is 1. The summed E-state index contributed by atoms with van der Waals surface area (Å²) in [5.74, 6) is -0.977. The lowest BCUT2D eigenvalue weighted by Crippen LogP contribution is -2.39. The Morgan fingerprint density at radius 1 is 1.44 bits per heavy atom. The number of unbranched alkanes of at least 4 members (excludes halogenated alkanes) is 1. The first-order chi connectivity index (χ1) is 8.60. The SMILES string of the molecule is N[C@@H](CCCCN1[C@@H](CO)CC[C@@H]1C=O)C(=O)O. The fraction of sp³-hybridized carbons (Fsp3) is 0.833. The lowest BCUT2D eigenvalue weighted by Gasteiger charge is -2.26. The van der Waals surface area contributed by atoms with Gasteiger partial charge in [0.25, 0.3) is 0 Å². The lowest BCUT2D eigenvalue weighted by atomic mass is 10.1. The normalized spacial score (nSPS) is 26.1. The molecular weight excluding hydrogens is 236 g/mol. The minimum atomic E-state index is -0.977. The third-order valence-electron chi connectivity index (χ3n) is 3.56. The predicted molar refractivity (Wildman–Crippen MR) is 66.1 cm³/mol. The summed E-state index contributed by atoms with van der Waals surface area (Å²) in [6.45, 7) is 0.778. The van der Waals surface area contributed by atoms with Gasteiger partial charge >= 0.3 is 5.97 Å². The Morgan fingerprint density at radius 2 is 2.17 bits per heavy atom. The van der Waals surface area contributed by atoms with Gasteiger partial charge in [-0.1, -0.05) is 6.42 Å². The van der Waals surface area contributed by atoms with Gasteiger partial charge in [-0.15, -0.1) is 0 Å². The first-order valence-corrected chi connectivity index (χ1v) is 6.40. The molecular formula is C12H22N2O4. The highest BCUT2D eigenvalue weighted by atomic mass is 16.4. The van der Waals surface area contributed by atoms with Crippen molar-refractivity contribution >= 4 is 12.3 Å². The fourth-order valence-electron chi connectivity index (χ4n) is 2.44. The van der Waals surface area contributed by atoms with Crippen molar-refractivity contribution < 1.29 is 19.8 Å². The third kappa shape index (κ3) is 4.04. The van der Waals surface area contributed by atoms with E-state index in [-0.39, 0.29) is 18.7 Å². The van der Waals surface area contributed by atoms with Gasteiger partial charge in [0.1, 0.15) is 12.3 Å². The van der Waals surface area contributed by atoms with Crippen LogP contribution in [0.25, 0.3) is 0 Å². The van der Waals surface area contributed by atoms with Crippen molar-refractivity contribution in [3.8, 4) is 0 Å². The number of hydrogen-bond donors (Lipinski definition) is 3. The molecule has 0 radical (unpaired) electrons. The van der Waals surface area contributed by atoms with Crippen LogP contribution in [0.2, 0.25) is 0 Å². The molecule has 0 aliphatic carbocycles. The molecule has 0 aromatic carbocycles. The molecule has 3 atom stereocenters. The molecule has 6 heteroatoms. The molecule has 104 valence electrons. The number of carboxylic acids is 1. The van der Waals surface area contributed by atoms with Crippen molar-refractivity contribution in [2.24, 2.45) is 5.73 Å². The summed E-state index contributed by atoms with van der Waals surface area (Å²) in [6.07, 6.45) is 4.52. The summed E-state index contributed by atoms with van der Waals surface area (Å²) >= 11 is 0. The zero-order valence-corrected chi connectivity index (χ0v) is 10.5. The number of nitrogens with zero attached hydrogens (tertiary/aromatic N) is 1. The number of hydrogen-bond acceptors (Lipinski definition) is 5. The highest BCUT2D eigenvalue weighted by Gasteiger charge is 2.31. The van der Waals surface area contributed by atoms with Crippen LogP contribution in [-0.4, -0.2) is 58.6 Å². The first-order valence-electron chi connectivity index (χ1n) is 6.40. The molecule has 0 unspecified atom stereocenters. The molecule has 0 saturated carbocycles. The van der Waals surface area contributed by atoms with Crippen molar-refractivity contribution in [2.75, 3.05) is 13.2 Å². The lowest BCUT2D eigenvalue weighted by molar-refractivity contribution is -0.138. The number of aldehydes is 1. The molecule has 18 heavy (non-hydrogen) atoms. The highest BCUT2D eigenvalue weighted by Crippen LogP contribution is 2.23. The molecule has 0 bridgehead atoms. The molecule has 0 aromatic heterocycles. The van der Waals surface area contributed by atoms with E-state index in [0.29, 0.717) is 19.4 Å². The van der Waals surface area contributed by atoms with E-state index in [1.165, 1.54) is 0 Å². The summed E-state index contributed by atoms with van der Waals surface area (Å²) in [5.41, 5.74) is 5.41. The number of likely N-dealkylation sites (tertiary alicyclic amines) is 1. The third-order valence-corrected chi connectivity index (χ3v) is 3.56. The largest absolute Gasteiger partial charge is 0.480 e. The van der Waals surface area contributed by atoms with Crippen LogP contribution >= 0.6 is 0 Å². The van der Waals surface area contributed by atoms with E-state index in [1.54, 1.807) is 0 Å². The standard InChI is InChI=1S/C12H22N2O4/c13-11(12(17)18)3-1-2-6-14-9(7-15)4-5-10(14)8-16/h7,9-11,16H,1-6,8,13H2,(H,17,18)/t9-,10-,11+/m1/s1. The van der Waals surface area contributed by atoms with Crippen molar-refractivity contribution in [3.63, 3.8) is 0 Å². The number of carbonyl (C=O) groups is 2. The Labute approximate surface area is 107 Å². The average molecular weight is 258 g/mol. The molecule has 1 fully saturated rings. The maximum Gasteiger partial charge on any atom is 0.320 e. The van der Waals surface area contributed by atoms with Crippen LogP contribution in [0.1, 0.15) is 32.1 Å². The van der Waals surface area contributed by atoms with Gasteiger partial charge in [-0.25, -0.2) is 0 Å². The highest BCUT2D eigenvalue weighted by molar-refractivity contribution is 5.72. The van der Waals surface area contributed by atoms with E-state index in [1.807, 2.05) is 4.90 Å². The minimum absolute atomic E-state index is 0.0633. The Balaban J connectivity index is 2.28. The molecule has 1 saturated heterocycles. The molecule has 6 nitrogen and oxygen atoms in total. The van der Waals surface area contributed by atoms with Crippen molar-refractivity contribution in [3.05, 3.63) is 0 Å². The maximum absolute atomic E-state index is 10.9. The molecule has 1 aliphatic heterocycles. The second-order valence-corrected chi connectivity index (χ2v) is 4.80. The van der Waals surface area contributed by atoms with Crippen LogP contribution in [0.5, 0.6) is 0 Å². The van der Waals surface area contributed by atoms with Gasteiger partial charge in [-0.2, -0.15) is 0 Å². The summed E-state index contributed by atoms with van der Waals surface area (Å²) in [7, 11) is 0. The van der Waals surface area contributed by atoms with Crippen LogP contribution in [0, 0.1) is 0 Å². The number of nitrogens with two attached hydrogens (primary N) is 1. The number of aliphatic hydroxyl groups excluding tert-OH is 1. The second-order valence-electron chi connectivity index (χ2n) is 4.80. The average Bonchev–Trinajstić information content (AvgIpc) is 2.76. The van der Waals surface area contributed by atoms with E-state index >= 15 is 0 Å². The van der Waals surface area contributed by atoms with Crippen LogP contribution in [-0.2, 0) is 9.59 Å². The zero-order valence-electron chi connectivity index (χ0n) is 10.5. The fourth-order valence-corrected chi connectivity index (χ4v) is 2.44. The van der Waals surface area contributed by atoms with E-state index in [0.717, 1.165) is 25.5 Å². The zero-order chi connectivity index (χ0) is 13.5. The van der Waals surface area contributed by atoms with Crippen LogP contribution in [0.15, 0.2) is 0 Å². The van der Waals surface area contributed by atoms with Crippen LogP contribution in [0.3, 0.4) is 0 Å². The molecule has 0 spiro atoms. The Morgan fingerprint density at radius 3 is 2.72 bits per heavy atom. The quantitative estimate of drug-likeness (QED) is 0.404. The van der Waals surface area contributed by atoms with Crippen molar-refractivity contribution in [1.82, 2.24) is 4.90 Å². The first kappa shape index (κ1) is 15.1. The van der Waals surface area contributed by atoms with Crippen LogP contribution in [0.4, 0.5) is 0 Å². The number of carbonyl (C=O) groups excluding carboxylic acids is 1. The Hall–Kier alpha value is -0.980. The van der Waals surface area contributed by atoms with Crippen molar-refractivity contribution in [1.29, 1.82) is 0 Å². The van der Waals surface area contributed by atoms with E-state index in [9.17, 15) is 14.7 Å². The maximum atomic E-state index is 10.9. The molecule has 0 aromatic rings. The summed E-state index contributed by atoms with van der Waals surface area (Å²) in [6, 6.07) is -0.845. The van der Waals surface area contributed by atoms with Gasteiger partial charge in [0.2, 0.25) is 0 Å². The second kappa shape index (κ2) is 7.45. The number of rotatable bonds is 8. The smallest absolute Gasteiger partial charge is 0.320 e. The van der Waals surface area contributed by atoms with Gasteiger partial charge < -0.3 is 20.7 Å². The van der Waals surface area contributed by atoms with Gasteiger partial charge in [-0.3, -0.25) is 9.69 Å². The number of aliphatic carboxylic acids is 1. The Kier molecular flexibility index (Phi) is 6.24. The van der Waals surface area contributed by atoms with E-state index in [4.69, 9.17) is 10.8 Å². The molecule has 1 heterocycles. The van der Waals surface area contributed by atoms with E-state index in [2.05, 4.69) is 0 Å².